The predicted molar refractivity (Wildman–Crippen MR) is 118 cm³/mol. The van der Waals surface area contributed by atoms with E-state index in [1.807, 2.05) is 0 Å². The molecule has 0 N–H and O–H groups in total. The van der Waals surface area contributed by atoms with Gasteiger partial charge in [0.15, 0.2) is 17.3 Å². The molecule has 0 bridgehead atoms. The van der Waals surface area contributed by atoms with E-state index in [4.69, 9.17) is 27.7 Å². The molecule has 0 spiro atoms. The second kappa shape index (κ2) is 9.38. The first kappa shape index (κ1) is 26.5. The van der Waals surface area contributed by atoms with Gasteiger partial charge in [-0.1, -0.05) is 34.4 Å². The SMILES string of the molecule is COC(=O)c1c(-c2c(F)cccc2Cl)noc1-c1cnn(-c2ncc(C(C)(F)F)cc2Cl)c1C(F)(F)F. The van der Waals surface area contributed by atoms with Gasteiger partial charge in [-0.3, -0.25) is 0 Å². The van der Waals surface area contributed by atoms with Crippen molar-refractivity contribution in [2.24, 2.45) is 0 Å². The van der Waals surface area contributed by atoms with Crippen molar-refractivity contribution in [3.05, 3.63) is 69.3 Å². The van der Waals surface area contributed by atoms with E-state index in [1.54, 1.807) is 0 Å². The molecule has 0 saturated carbocycles. The highest BCUT2D eigenvalue weighted by Crippen LogP contribution is 2.43. The summed E-state index contributed by atoms with van der Waals surface area (Å²) in [6.07, 6.45) is -3.85. The van der Waals surface area contributed by atoms with Gasteiger partial charge in [0.25, 0.3) is 5.92 Å². The normalized spacial score (nSPS) is 12.2. The summed E-state index contributed by atoms with van der Waals surface area (Å²) in [7, 11) is 0.939. The molecule has 0 amide bonds. The zero-order chi connectivity index (χ0) is 27.3. The maximum absolute atomic E-state index is 14.6. The van der Waals surface area contributed by atoms with Gasteiger partial charge in [0.1, 0.15) is 17.1 Å². The third-order valence-corrected chi connectivity index (χ3v) is 5.69. The van der Waals surface area contributed by atoms with Crippen molar-refractivity contribution in [3.8, 4) is 28.4 Å². The Kier molecular flexibility index (Phi) is 6.71. The van der Waals surface area contributed by atoms with E-state index in [1.165, 1.54) is 12.1 Å². The number of aromatic nitrogens is 4. The molecule has 4 aromatic rings. The maximum atomic E-state index is 14.6. The predicted octanol–water partition coefficient (Wildman–Crippen LogP) is 6.95. The minimum Gasteiger partial charge on any atom is -0.465 e. The Hall–Kier alpha value is -3.58. The Bertz CT molecular complexity index is 1490. The number of hydrogen-bond acceptors (Lipinski definition) is 6. The van der Waals surface area contributed by atoms with E-state index < -0.39 is 74.1 Å². The van der Waals surface area contributed by atoms with Crippen LogP contribution < -0.4 is 0 Å². The molecule has 0 fully saturated rings. The van der Waals surface area contributed by atoms with Crippen molar-refractivity contribution in [2.75, 3.05) is 7.11 Å². The first-order chi connectivity index (χ1) is 17.3. The number of benzene rings is 1. The minimum atomic E-state index is -5.17. The molecule has 0 aliphatic heterocycles. The number of methoxy groups -OCH3 is 1. The van der Waals surface area contributed by atoms with Crippen molar-refractivity contribution in [2.45, 2.75) is 19.0 Å². The van der Waals surface area contributed by atoms with Crippen molar-refractivity contribution >= 4 is 29.2 Å². The zero-order valence-corrected chi connectivity index (χ0v) is 20.0. The quantitative estimate of drug-likeness (QED) is 0.192. The van der Waals surface area contributed by atoms with Crippen LogP contribution in [0.4, 0.5) is 26.3 Å². The smallest absolute Gasteiger partial charge is 0.434 e. The summed E-state index contributed by atoms with van der Waals surface area (Å²) in [4.78, 5) is 16.2. The average molecular weight is 565 g/mol. The Morgan fingerprint density at radius 3 is 2.38 bits per heavy atom. The standard InChI is InChI=1S/C22H12Cl2F6N4O3/c1-21(26,27)9-6-12(24)19(31-7-9)34-18(22(28,29)30)10(8-32-34)17-15(20(35)36-2)16(33-37-17)14-11(23)4-3-5-13(14)25/h3-8H,1-2H3. The van der Waals surface area contributed by atoms with E-state index in [9.17, 15) is 31.1 Å². The van der Waals surface area contributed by atoms with Crippen molar-refractivity contribution in [3.63, 3.8) is 0 Å². The summed E-state index contributed by atoms with van der Waals surface area (Å²) < 4.78 is 94.6. The van der Waals surface area contributed by atoms with Crippen LogP contribution in [0, 0.1) is 5.82 Å². The fourth-order valence-corrected chi connectivity index (χ4v) is 3.93. The van der Waals surface area contributed by atoms with Gasteiger partial charge in [-0.2, -0.15) is 18.3 Å². The lowest BCUT2D eigenvalue weighted by Crippen LogP contribution is -2.17. The maximum Gasteiger partial charge on any atom is 0.434 e. The minimum absolute atomic E-state index is 0.208. The van der Waals surface area contributed by atoms with Gasteiger partial charge >= 0.3 is 12.1 Å². The highest BCUT2D eigenvalue weighted by molar-refractivity contribution is 6.33. The van der Waals surface area contributed by atoms with Crippen LogP contribution in [0.15, 0.2) is 41.2 Å². The summed E-state index contributed by atoms with van der Waals surface area (Å²) >= 11 is 12.0. The lowest BCUT2D eigenvalue weighted by atomic mass is 10.0. The van der Waals surface area contributed by atoms with E-state index in [0.29, 0.717) is 19.3 Å². The lowest BCUT2D eigenvalue weighted by molar-refractivity contribution is -0.142. The molecule has 0 saturated heterocycles. The van der Waals surface area contributed by atoms with Gasteiger partial charge in [0, 0.05) is 18.7 Å². The molecule has 7 nitrogen and oxygen atoms in total. The van der Waals surface area contributed by atoms with Crippen LogP contribution in [0.5, 0.6) is 0 Å². The fraction of sp³-hybridized carbons (Fsp3) is 0.182. The van der Waals surface area contributed by atoms with E-state index >= 15 is 0 Å². The van der Waals surface area contributed by atoms with Crippen molar-refractivity contribution < 1.29 is 40.4 Å². The highest BCUT2D eigenvalue weighted by atomic mass is 35.5. The van der Waals surface area contributed by atoms with Crippen LogP contribution in [0.3, 0.4) is 0 Å². The molecule has 4 rings (SSSR count). The molecule has 0 aliphatic rings. The van der Waals surface area contributed by atoms with E-state index in [0.717, 1.165) is 19.2 Å². The van der Waals surface area contributed by atoms with Crippen LogP contribution in [0.1, 0.15) is 28.5 Å². The molecule has 37 heavy (non-hydrogen) atoms. The van der Waals surface area contributed by atoms with Crippen LogP contribution in [0.25, 0.3) is 28.4 Å². The molecule has 1 aromatic carbocycles. The molecular formula is C22H12Cl2F6N4O3. The molecule has 0 radical (unpaired) electrons. The third kappa shape index (κ3) is 4.76. The molecule has 3 aromatic heterocycles. The number of nitrogens with zero attached hydrogens (tertiary/aromatic N) is 4. The fourth-order valence-electron chi connectivity index (χ4n) is 3.43. The average Bonchev–Trinajstić information content (AvgIpc) is 3.42. The Morgan fingerprint density at radius 2 is 1.81 bits per heavy atom. The largest absolute Gasteiger partial charge is 0.465 e. The number of carbonyl (C=O) groups is 1. The molecule has 0 unspecified atom stereocenters. The Labute approximate surface area is 213 Å². The monoisotopic (exact) mass is 564 g/mol. The second-order valence-corrected chi connectivity index (χ2v) is 8.37. The van der Waals surface area contributed by atoms with Crippen LogP contribution in [0.2, 0.25) is 10.0 Å². The number of alkyl halides is 5. The van der Waals surface area contributed by atoms with Crippen molar-refractivity contribution in [1.82, 2.24) is 19.9 Å². The second-order valence-electron chi connectivity index (χ2n) is 7.56. The topological polar surface area (TPSA) is 83.0 Å². The molecule has 0 atom stereocenters. The summed E-state index contributed by atoms with van der Waals surface area (Å²) in [5, 5.41) is 6.46. The first-order valence-corrected chi connectivity index (χ1v) is 10.7. The Morgan fingerprint density at radius 1 is 1.11 bits per heavy atom. The number of carbonyl (C=O) groups excluding carboxylic acids is 1. The van der Waals surface area contributed by atoms with Gasteiger partial charge in [0.05, 0.1) is 34.5 Å². The van der Waals surface area contributed by atoms with Gasteiger partial charge in [-0.15, -0.1) is 0 Å². The first-order valence-electron chi connectivity index (χ1n) is 9.97. The zero-order valence-electron chi connectivity index (χ0n) is 18.5. The lowest BCUT2D eigenvalue weighted by Gasteiger charge is -2.15. The molecule has 3 heterocycles. The number of pyridine rings is 1. The highest BCUT2D eigenvalue weighted by Gasteiger charge is 2.43. The Balaban J connectivity index is 1.98. The molecule has 15 heteroatoms. The van der Waals surface area contributed by atoms with Gasteiger partial charge in [-0.25, -0.2) is 27.6 Å². The van der Waals surface area contributed by atoms with Crippen molar-refractivity contribution in [1.29, 1.82) is 0 Å². The number of ether oxygens (including phenoxy) is 1. The number of hydrogen-bond donors (Lipinski definition) is 0. The summed E-state index contributed by atoms with van der Waals surface area (Å²) in [6.45, 7) is 0.560. The van der Waals surface area contributed by atoms with Gasteiger partial charge in [0.2, 0.25) is 0 Å². The summed E-state index contributed by atoms with van der Waals surface area (Å²) in [6, 6.07) is 4.28. The summed E-state index contributed by atoms with van der Waals surface area (Å²) in [5.74, 6) is -6.92. The molecule has 0 aliphatic carbocycles. The molecule has 194 valence electrons. The van der Waals surface area contributed by atoms with Crippen LogP contribution in [-0.4, -0.2) is 33.0 Å². The van der Waals surface area contributed by atoms with Crippen LogP contribution in [-0.2, 0) is 16.8 Å². The number of esters is 1. The van der Waals surface area contributed by atoms with Gasteiger partial charge in [-0.05, 0) is 18.2 Å². The van der Waals surface area contributed by atoms with E-state index in [-0.39, 0.29) is 9.70 Å². The van der Waals surface area contributed by atoms with Crippen LogP contribution >= 0.6 is 23.2 Å². The number of rotatable bonds is 5. The third-order valence-electron chi connectivity index (χ3n) is 5.09. The molecular weight excluding hydrogens is 553 g/mol. The van der Waals surface area contributed by atoms with E-state index in [2.05, 4.69) is 20.0 Å². The summed E-state index contributed by atoms with van der Waals surface area (Å²) in [5.41, 5.74) is -4.60. The van der Waals surface area contributed by atoms with Gasteiger partial charge < -0.3 is 9.26 Å². The number of halogens is 8.